The van der Waals surface area contributed by atoms with Gasteiger partial charge < -0.3 is 5.11 Å². The number of rotatable bonds is 4. The number of halogens is 1. The fourth-order valence-corrected chi connectivity index (χ4v) is 3.89. The molecular weight excluding hydrogens is 342 g/mol. The van der Waals surface area contributed by atoms with Crippen LogP contribution in [-0.4, -0.2) is 61.4 Å². The second kappa shape index (κ2) is 6.69. The normalized spacial score (nSPS) is 17.3. The van der Waals surface area contributed by atoms with E-state index >= 15 is 0 Å². The lowest BCUT2D eigenvalue weighted by atomic mass is 10.3. The summed E-state index contributed by atoms with van der Waals surface area (Å²) in [4.78, 5) is 19.1. The molecule has 3 rings (SSSR count). The molecule has 0 bridgehead atoms. The number of hydrogen-bond donors (Lipinski definition) is 1. The molecule has 0 aromatic heterocycles. The Morgan fingerprint density at radius 3 is 2.57 bits per heavy atom. The number of amides is 2. The van der Waals surface area contributed by atoms with Crippen molar-refractivity contribution in [2.45, 2.75) is 4.90 Å². The number of aliphatic hydroxyl groups excluding tert-OH is 1. The van der Waals surface area contributed by atoms with Crippen LogP contribution in [0.25, 0.3) is 0 Å². The van der Waals surface area contributed by atoms with Crippen molar-refractivity contribution in [3.63, 3.8) is 0 Å². The first kappa shape index (κ1) is 17.5. The molecule has 0 atom stereocenters. The number of carbonyl (C=O) groups is 1. The molecule has 124 valence electrons. The number of aliphatic hydroxyl groups is 1. The third-order valence-electron chi connectivity index (χ3n) is 3.49. The summed E-state index contributed by atoms with van der Waals surface area (Å²) in [6.45, 7) is 0.505. The van der Waals surface area contributed by atoms with Crippen molar-refractivity contribution in [1.29, 1.82) is 0 Å². The van der Waals surface area contributed by atoms with Crippen molar-refractivity contribution < 1.29 is 18.3 Å². The molecule has 7 nitrogen and oxygen atoms in total. The summed E-state index contributed by atoms with van der Waals surface area (Å²) in [6.07, 6.45) is 1.27. The number of urea groups is 1. The number of fused-ring (bicyclic) bond motifs is 1. The molecule has 1 N–H and O–H groups in total. The largest absolute Gasteiger partial charge is 0.395 e. The molecule has 2 aliphatic heterocycles. The lowest BCUT2D eigenvalue weighted by molar-refractivity contribution is 0.179. The van der Waals surface area contributed by atoms with Crippen molar-refractivity contribution in [1.82, 2.24) is 9.80 Å². The molecule has 0 saturated carbocycles. The van der Waals surface area contributed by atoms with Crippen LogP contribution in [0.4, 0.5) is 4.79 Å². The summed E-state index contributed by atoms with van der Waals surface area (Å²) >= 11 is 0. The van der Waals surface area contributed by atoms with Crippen LogP contribution in [0.15, 0.2) is 51.3 Å². The Bertz CT molecular complexity index is 761. The van der Waals surface area contributed by atoms with Crippen LogP contribution in [0.1, 0.15) is 0 Å². The van der Waals surface area contributed by atoms with Gasteiger partial charge in [-0.1, -0.05) is 18.2 Å². The molecule has 0 spiro atoms. The fourth-order valence-electron chi connectivity index (χ4n) is 2.44. The molecule has 2 amide bonds. The van der Waals surface area contributed by atoms with E-state index in [1.807, 2.05) is 0 Å². The van der Waals surface area contributed by atoms with Crippen LogP contribution in [0.5, 0.6) is 0 Å². The SMILES string of the molecule is Cl.O=C1N(CCO)C=C(S(=O)(=O)c2ccccc2)C2=NCCN12. The molecule has 1 aromatic carbocycles. The van der Waals surface area contributed by atoms with E-state index in [4.69, 9.17) is 5.11 Å². The molecule has 9 heteroatoms. The highest BCUT2D eigenvalue weighted by Gasteiger charge is 2.39. The summed E-state index contributed by atoms with van der Waals surface area (Å²) in [5.41, 5.74) is 0. The first-order valence-electron chi connectivity index (χ1n) is 6.81. The molecule has 0 aliphatic carbocycles. The van der Waals surface area contributed by atoms with E-state index in [1.165, 1.54) is 28.1 Å². The zero-order chi connectivity index (χ0) is 15.7. The second-order valence-electron chi connectivity index (χ2n) is 4.87. The van der Waals surface area contributed by atoms with Crippen LogP contribution < -0.4 is 0 Å². The fraction of sp³-hybridized carbons (Fsp3) is 0.286. The Labute approximate surface area is 140 Å². The zero-order valence-electron chi connectivity index (χ0n) is 12.1. The maximum Gasteiger partial charge on any atom is 0.329 e. The maximum absolute atomic E-state index is 12.8. The number of carbonyl (C=O) groups excluding carboxylic acids is 1. The van der Waals surface area contributed by atoms with E-state index < -0.39 is 9.84 Å². The van der Waals surface area contributed by atoms with Gasteiger partial charge in [0.05, 0.1) is 24.6 Å². The monoisotopic (exact) mass is 357 g/mol. The molecule has 0 saturated heterocycles. The van der Waals surface area contributed by atoms with Gasteiger partial charge in [0, 0.05) is 12.7 Å². The smallest absolute Gasteiger partial charge is 0.329 e. The Hall–Kier alpha value is -1.90. The third-order valence-corrected chi connectivity index (χ3v) is 5.25. The predicted octanol–water partition coefficient (Wildman–Crippen LogP) is 0.866. The summed E-state index contributed by atoms with van der Waals surface area (Å²) in [7, 11) is -3.78. The number of hydrogen-bond acceptors (Lipinski definition) is 5. The number of amidine groups is 1. The van der Waals surface area contributed by atoms with Gasteiger partial charge in [0.25, 0.3) is 0 Å². The highest BCUT2D eigenvalue weighted by Crippen LogP contribution is 2.28. The summed E-state index contributed by atoms with van der Waals surface area (Å²) in [5, 5.41) is 9.06. The second-order valence-corrected chi connectivity index (χ2v) is 6.78. The molecule has 2 heterocycles. The van der Waals surface area contributed by atoms with Crippen molar-refractivity contribution in [2.75, 3.05) is 26.2 Å². The van der Waals surface area contributed by atoms with Gasteiger partial charge in [-0.3, -0.25) is 14.8 Å². The minimum Gasteiger partial charge on any atom is -0.395 e. The summed E-state index contributed by atoms with van der Waals surface area (Å²) in [5.74, 6) is 0.183. The maximum atomic E-state index is 12.8. The lowest BCUT2D eigenvalue weighted by Crippen LogP contribution is -2.49. The quantitative estimate of drug-likeness (QED) is 0.865. The predicted molar refractivity (Wildman–Crippen MR) is 87.2 cm³/mol. The van der Waals surface area contributed by atoms with Crippen molar-refractivity contribution >= 4 is 34.1 Å². The zero-order valence-corrected chi connectivity index (χ0v) is 13.8. The number of nitrogens with zero attached hydrogens (tertiary/aromatic N) is 3. The molecule has 23 heavy (non-hydrogen) atoms. The van der Waals surface area contributed by atoms with Gasteiger partial charge in [0.2, 0.25) is 9.84 Å². The number of β-amino-alcohol motifs (C(OH)–C–C–N with tert-alkyl or cyclic N) is 1. The molecule has 2 aliphatic rings. The van der Waals surface area contributed by atoms with E-state index in [2.05, 4.69) is 4.99 Å². The van der Waals surface area contributed by atoms with E-state index in [0.717, 1.165) is 0 Å². The Kier molecular flexibility index (Phi) is 5.08. The minimum absolute atomic E-state index is 0. The topological polar surface area (TPSA) is 90.3 Å². The van der Waals surface area contributed by atoms with Crippen LogP contribution in [0.3, 0.4) is 0 Å². The number of aliphatic imine (C=N–C) groups is 1. The van der Waals surface area contributed by atoms with Crippen molar-refractivity contribution in [2.24, 2.45) is 4.99 Å². The Balaban J connectivity index is 0.00000192. The molecule has 1 aromatic rings. The van der Waals surface area contributed by atoms with Gasteiger partial charge >= 0.3 is 6.03 Å². The highest BCUT2D eigenvalue weighted by molar-refractivity contribution is 7.96. The van der Waals surface area contributed by atoms with Crippen molar-refractivity contribution in [3.05, 3.63) is 41.4 Å². The minimum atomic E-state index is -3.78. The van der Waals surface area contributed by atoms with Gasteiger partial charge in [-0.15, -0.1) is 12.4 Å². The van der Waals surface area contributed by atoms with E-state index in [-0.39, 0.29) is 47.2 Å². The van der Waals surface area contributed by atoms with Gasteiger partial charge in [-0.25, -0.2) is 13.2 Å². The average molecular weight is 358 g/mol. The molecule has 0 radical (unpaired) electrons. The van der Waals surface area contributed by atoms with Gasteiger partial charge in [-0.2, -0.15) is 0 Å². The van der Waals surface area contributed by atoms with Gasteiger partial charge in [-0.05, 0) is 12.1 Å². The molecular formula is C14H16ClN3O4S. The summed E-state index contributed by atoms with van der Waals surface area (Å²) in [6, 6.07) is 7.65. The number of benzene rings is 1. The summed E-state index contributed by atoms with van der Waals surface area (Å²) < 4.78 is 25.6. The third kappa shape index (κ3) is 2.97. The highest BCUT2D eigenvalue weighted by atomic mass is 35.5. The van der Waals surface area contributed by atoms with E-state index in [1.54, 1.807) is 18.2 Å². The standard InChI is InChI=1S/C14H15N3O4S.ClH/c18-9-8-16-10-12(13-15-6-7-17(13)14(16)19)22(20,21)11-4-2-1-3-5-11;/h1-5,10,18H,6-9H2;1H. The van der Waals surface area contributed by atoms with E-state index in [0.29, 0.717) is 13.1 Å². The molecule has 0 unspecified atom stereocenters. The van der Waals surface area contributed by atoms with Crippen LogP contribution >= 0.6 is 12.4 Å². The van der Waals surface area contributed by atoms with Gasteiger partial charge in [0.1, 0.15) is 4.91 Å². The van der Waals surface area contributed by atoms with Crippen LogP contribution in [0, 0.1) is 0 Å². The first-order valence-corrected chi connectivity index (χ1v) is 8.30. The average Bonchev–Trinajstić information content (AvgIpc) is 3.01. The Morgan fingerprint density at radius 2 is 1.91 bits per heavy atom. The number of sulfone groups is 1. The van der Waals surface area contributed by atoms with Gasteiger partial charge in [0.15, 0.2) is 5.84 Å². The van der Waals surface area contributed by atoms with Crippen LogP contribution in [0.2, 0.25) is 0 Å². The lowest BCUT2D eigenvalue weighted by Gasteiger charge is -2.31. The Morgan fingerprint density at radius 1 is 1.22 bits per heavy atom. The van der Waals surface area contributed by atoms with Crippen molar-refractivity contribution in [3.8, 4) is 0 Å². The first-order chi connectivity index (χ1) is 10.6. The van der Waals surface area contributed by atoms with Crippen LogP contribution in [-0.2, 0) is 9.84 Å². The van der Waals surface area contributed by atoms with E-state index in [9.17, 15) is 13.2 Å². The molecule has 0 fully saturated rings.